The molecule has 2 fully saturated rings. The number of aryl methyl sites for hydroxylation is 1. The predicted molar refractivity (Wildman–Crippen MR) is 102 cm³/mol. The highest BCUT2D eigenvalue weighted by Crippen LogP contribution is 2.52. The molecule has 134 valence electrons. The second kappa shape index (κ2) is 5.68. The van der Waals surface area contributed by atoms with Gasteiger partial charge in [0.05, 0.1) is 27.1 Å². The lowest BCUT2D eigenvalue weighted by Gasteiger charge is -2.39. The molecule has 0 spiro atoms. The van der Waals surface area contributed by atoms with Crippen LogP contribution in [0.5, 0.6) is 0 Å². The molecule has 7 nitrogen and oxygen atoms in total. The van der Waals surface area contributed by atoms with E-state index in [1.165, 1.54) is 16.7 Å². The molecule has 2 saturated heterocycles. The molecule has 3 aliphatic heterocycles. The fourth-order valence-electron chi connectivity index (χ4n) is 3.54. The van der Waals surface area contributed by atoms with E-state index < -0.39 is 5.97 Å². The summed E-state index contributed by atoms with van der Waals surface area (Å²) in [7, 11) is 2.01. The molecular formula is C17H16N4O3S2. The number of hydrogen-bond donors (Lipinski definition) is 1. The van der Waals surface area contributed by atoms with Crippen molar-refractivity contribution in [2.45, 2.75) is 17.0 Å². The first-order valence-electron chi connectivity index (χ1n) is 8.32. The van der Waals surface area contributed by atoms with Crippen molar-refractivity contribution in [3.05, 3.63) is 34.2 Å². The zero-order valence-corrected chi connectivity index (χ0v) is 15.6. The monoisotopic (exact) mass is 388 g/mol. The second-order valence-electron chi connectivity index (χ2n) is 6.59. The van der Waals surface area contributed by atoms with Crippen molar-refractivity contribution < 1.29 is 14.7 Å². The van der Waals surface area contributed by atoms with E-state index in [0.717, 1.165) is 34.3 Å². The number of carbonyl (C=O) groups is 2. The number of carboxylic acids is 1. The van der Waals surface area contributed by atoms with Gasteiger partial charge in [-0.15, -0.1) is 11.8 Å². The van der Waals surface area contributed by atoms with Crippen LogP contribution in [-0.4, -0.2) is 55.1 Å². The van der Waals surface area contributed by atoms with Gasteiger partial charge in [0.2, 0.25) is 11.9 Å². The van der Waals surface area contributed by atoms with Gasteiger partial charge < -0.3 is 14.6 Å². The molecule has 1 amide bonds. The maximum absolute atomic E-state index is 11.7. The Bertz CT molecular complexity index is 980. The number of hydrogen-bond acceptors (Lipinski definition) is 6. The Balaban J connectivity index is 1.31. The van der Waals surface area contributed by atoms with E-state index in [1.54, 1.807) is 11.8 Å². The van der Waals surface area contributed by atoms with Crippen molar-refractivity contribution in [1.82, 2.24) is 14.5 Å². The minimum Gasteiger partial charge on any atom is -0.477 e. The van der Waals surface area contributed by atoms with Gasteiger partial charge in [-0.25, -0.2) is 9.78 Å². The zero-order valence-electron chi connectivity index (χ0n) is 14.0. The smallest absolute Gasteiger partial charge is 0.354 e. The summed E-state index contributed by atoms with van der Waals surface area (Å²) in [6, 6.07) is 8.05. The molecule has 5 rings (SSSR count). The molecule has 4 heterocycles. The first-order chi connectivity index (χ1) is 12.5. The molecule has 1 N–H and O–H groups in total. The number of fused-ring (bicyclic) bond motifs is 2. The summed E-state index contributed by atoms with van der Waals surface area (Å²) in [6.07, 6.45) is 0.433. The second-order valence-corrected chi connectivity index (χ2v) is 9.34. The SMILES string of the molecule is Cn1c(N2CC(SC3=C(C(=O)O)N4C(=O)CC4S3)C2)nc2ccccc21. The standard InChI is InChI=1S/C17H16N4O3S2/c1-19-11-5-3-2-4-10(11)18-17(19)20-7-9(8-20)25-16-14(15(23)24)21-12(22)6-13(21)26-16/h2-5,9,13H,6-8H2,1H3,(H,23,24). The first kappa shape index (κ1) is 16.1. The average molecular weight is 388 g/mol. The number of thioether (sulfide) groups is 2. The van der Waals surface area contributed by atoms with Crippen molar-refractivity contribution in [2.24, 2.45) is 7.05 Å². The maximum atomic E-state index is 11.7. The summed E-state index contributed by atoms with van der Waals surface area (Å²) in [5.41, 5.74) is 2.25. The number of benzene rings is 1. The summed E-state index contributed by atoms with van der Waals surface area (Å²) in [5.74, 6) is -0.166. The van der Waals surface area contributed by atoms with Gasteiger partial charge in [0.15, 0.2) is 5.70 Å². The van der Waals surface area contributed by atoms with Crippen LogP contribution in [0.25, 0.3) is 11.0 Å². The molecule has 1 aromatic carbocycles. The van der Waals surface area contributed by atoms with Crippen LogP contribution in [-0.2, 0) is 16.6 Å². The highest BCUT2D eigenvalue weighted by atomic mass is 32.2. The van der Waals surface area contributed by atoms with Crippen LogP contribution >= 0.6 is 23.5 Å². The molecule has 1 atom stereocenters. The molecule has 26 heavy (non-hydrogen) atoms. The highest BCUT2D eigenvalue weighted by molar-refractivity contribution is 8.23. The van der Waals surface area contributed by atoms with Crippen LogP contribution in [0.4, 0.5) is 5.95 Å². The molecular weight excluding hydrogens is 372 g/mol. The lowest BCUT2D eigenvalue weighted by atomic mass is 10.2. The molecule has 0 saturated carbocycles. The van der Waals surface area contributed by atoms with E-state index in [9.17, 15) is 14.7 Å². The summed E-state index contributed by atoms with van der Waals surface area (Å²) >= 11 is 3.09. The van der Waals surface area contributed by atoms with Crippen LogP contribution in [0, 0.1) is 0 Å². The largest absolute Gasteiger partial charge is 0.477 e. The Morgan fingerprint density at radius 3 is 2.81 bits per heavy atom. The number of carbonyl (C=O) groups excluding carboxylic acids is 1. The quantitative estimate of drug-likeness (QED) is 0.803. The lowest BCUT2D eigenvalue weighted by Crippen LogP contribution is -2.50. The topological polar surface area (TPSA) is 78.7 Å². The Labute approximate surface area is 158 Å². The van der Waals surface area contributed by atoms with Crippen molar-refractivity contribution in [3.8, 4) is 0 Å². The number of aromatic nitrogens is 2. The number of rotatable bonds is 4. The van der Waals surface area contributed by atoms with E-state index in [0.29, 0.717) is 11.7 Å². The molecule has 0 bridgehead atoms. The third-order valence-electron chi connectivity index (χ3n) is 4.95. The number of imidazole rings is 1. The van der Waals surface area contributed by atoms with E-state index >= 15 is 0 Å². The summed E-state index contributed by atoms with van der Waals surface area (Å²) in [5, 5.41) is 9.76. The Morgan fingerprint density at radius 1 is 1.35 bits per heavy atom. The Morgan fingerprint density at radius 2 is 2.12 bits per heavy atom. The minimum atomic E-state index is -1.01. The number of aliphatic carboxylic acids is 1. The van der Waals surface area contributed by atoms with Crippen LogP contribution in [0.2, 0.25) is 0 Å². The third kappa shape index (κ3) is 2.26. The Kier molecular flexibility index (Phi) is 3.51. The van der Waals surface area contributed by atoms with Gasteiger partial charge in [-0.05, 0) is 12.1 Å². The fourth-order valence-corrected chi connectivity index (χ4v) is 6.72. The summed E-state index contributed by atoms with van der Waals surface area (Å²) in [6.45, 7) is 1.63. The van der Waals surface area contributed by atoms with Gasteiger partial charge in [0.1, 0.15) is 0 Å². The van der Waals surface area contributed by atoms with Crippen molar-refractivity contribution in [1.29, 1.82) is 0 Å². The van der Waals surface area contributed by atoms with Crippen LogP contribution < -0.4 is 4.90 Å². The van der Waals surface area contributed by atoms with Crippen LogP contribution in [0.1, 0.15) is 6.42 Å². The lowest BCUT2D eigenvalue weighted by molar-refractivity contribution is -0.145. The molecule has 3 aliphatic rings. The number of amides is 1. The number of anilines is 1. The van der Waals surface area contributed by atoms with E-state index in [-0.39, 0.29) is 17.0 Å². The third-order valence-corrected chi connectivity index (χ3v) is 7.63. The van der Waals surface area contributed by atoms with Gasteiger partial charge in [0.25, 0.3) is 0 Å². The summed E-state index contributed by atoms with van der Waals surface area (Å²) < 4.78 is 2.86. The zero-order chi connectivity index (χ0) is 18.0. The predicted octanol–water partition coefficient (Wildman–Crippen LogP) is 2.05. The van der Waals surface area contributed by atoms with Gasteiger partial charge in [-0.2, -0.15) is 0 Å². The summed E-state index contributed by atoms with van der Waals surface area (Å²) in [4.78, 5) is 31.6. The molecule has 0 radical (unpaired) electrons. The van der Waals surface area contributed by atoms with Crippen LogP contribution in [0.3, 0.4) is 0 Å². The normalized spacial score (nSPS) is 22.7. The van der Waals surface area contributed by atoms with E-state index in [2.05, 4.69) is 15.5 Å². The average Bonchev–Trinajstić information content (AvgIpc) is 3.05. The molecule has 0 aliphatic carbocycles. The van der Waals surface area contributed by atoms with Crippen LogP contribution in [0.15, 0.2) is 34.2 Å². The molecule has 1 aromatic heterocycles. The van der Waals surface area contributed by atoms with Crippen molar-refractivity contribution >= 4 is 52.4 Å². The van der Waals surface area contributed by atoms with E-state index in [1.807, 2.05) is 25.2 Å². The minimum absolute atomic E-state index is 0.0212. The molecule has 2 aromatic rings. The van der Waals surface area contributed by atoms with E-state index in [4.69, 9.17) is 4.98 Å². The fraction of sp³-hybridized carbons (Fsp3) is 0.353. The number of β-lactam (4-membered cyclic amide) rings is 1. The number of carboxylic acid groups (broad SMARTS) is 1. The van der Waals surface area contributed by atoms with Gasteiger partial charge in [-0.3, -0.25) is 9.69 Å². The van der Waals surface area contributed by atoms with Gasteiger partial charge >= 0.3 is 5.97 Å². The maximum Gasteiger partial charge on any atom is 0.354 e. The van der Waals surface area contributed by atoms with Gasteiger partial charge in [-0.1, -0.05) is 23.9 Å². The molecule has 9 heteroatoms. The number of nitrogens with zero attached hydrogens (tertiary/aromatic N) is 4. The molecule has 1 unspecified atom stereocenters. The van der Waals surface area contributed by atoms with Crippen molar-refractivity contribution in [3.63, 3.8) is 0 Å². The van der Waals surface area contributed by atoms with Gasteiger partial charge in [0, 0.05) is 25.4 Å². The number of para-hydroxylation sites is 2. The van der Waals surface area contributed by atoms with Crippen molar-refractivity contribution in [2.75, 3.05) is 18.0 Å². The first-order valence-corrected chi connectivity index (χ1v) is 10.1. The highest BCUT2D eigenvalue weighted by Gasteiger charge is 2.49. The Hall–Kier alpha value is -2.13.